The third kappa shape index (κ3) is 3.21. The van der Waals surface area contributed by atoms with Crippen molar-refractivity contribution >= 4 is 11.9 Å². The van der Waals surface area contributed by atoms with Crippen molar-refractivity contribution < 1.29 is 27.8 Å². The fraction of sp³-hybridized carbons (Fsp3) is 0.118. The summed E-state index contributed by atoms with van der Waals surface area (Å²) in [5, 5.41) is 9.78. The lowest BCUT2D eigenvalue weighted by atomic mass is 10.1. The van der Waals surface area contributed by atoms with Gasteiger partial charge in [-0.15, -0.1) is 13.2 Å². The SMILES string of the molecule is O=C1/C(=C/c2cccc(OC(F)(F)F)c2)Cc2c(O)cccc21. The van der Waals surface area contributed by atoms with Crippen LogP contribution in [0.5, 0.6) is 11.5 Å². The molecular weight excluding hydrogens is 309 g/mol. The highest BCUT2D eigenvalue weighted by Crippen LogP contribution is 2.34. The Morgan fingerprint density at radius 2 is 1.87 bits per heavy atom. The van der Waals surface area contributed by atoms with Crippen LogP contribution in [0.15, 0.2) is 48.0 Å². The average molecular weight is 320 g/mol. The van der Waals surface area contributed by atoms with Crippen LogP contribution in [0.25, 0.3) is 6.08 Å². The van der Waals surface area contributed by atoms with E-state index in [0.717, 1.165) is 0 Å². The van der Waals surface area contributed by atoms with Crippen molar-refractivity contribution in [3.05, 3.63) is 64.7 Å². The number of halogens is 3. The Morgan fingerprint density at radius 3 is 2.57 bits per heavy atom. The standard InChI is InChI=1S/C17H11F3O3/c18-17(19,20)23-12-4-1-3-10(8-12)7-11-9-14-13(16(11)22)5-2-6-15(14)21/h1-8,21H,9H2/b11-7+. The molecule has 0 heterocycles. The van der Waals surface area contributed by atoms with Gasteiger partial charge in [0.25, 0.3) is 0 Å². The average Bonchev–Trinajstić information content (AvgIpc) is 2.76. The van der Waals surface area contributed by atoms with E-state index in [-0.39, 0.29) is 23.7 Å². The number of phenolic OH excluding ortho intramolecular Hbond substituents is 1. The molecule has 0 spiro atoms. The number of ether oxygens (including phenoxy) is 1. The second kappa shape index (κ2) is 5.46. The van der Waals surface area contributed by atoms with Gasteiger partial charge in [-0.25, -0.2) is 0 Å². The summed E-state index contributed by atoms with van der Waals surface area (Å²) in [6.45, 7) is 0. The molecule has 23 heavy (non-hydrogen) atoms. The van der Waals surface area contributed by atoms with Crippen molar-refractivity contribution in [2.24, 2.45) is 0 Å². The van der Waals surface area contributed by atoms with Gasteiger partial charge in [-0.3, -0.25) is 4.79 Å². The molecule has 0 atom stereocenters. The lowest BCUT2D eigenvalue weighted by Gasteiger charge is -2.09. The molecule has 2 aromatic carbocycles. The molecule has 1 aliphatic rings. The monoisotopic (exact) mass is 320 g/mol. The van der Waals surface area contributed by atoms with E-state index in [1.54, 1.807) is 18.2 Å². The number of phenols is 1. The van der Waals surface area contributed by atoms with E-state index < -0.39 is 6.36 Å². The van der Waals surface area contributed by atoms with Gasteiger partial charge in [-0.05, 0) is 29.8 Å². The van der Waals surface area contributed by atoms with Gasteiger partial charge in [0.2, 0.25) is 0 Å². The lowest BCUT2D eigenvalue weighted by Crippen LogP contribution is -2.17. The Balaban J connectivity index is 1.91. The van der Waals surface area contributed by atoms with E-state index >= 15 is 0 Å². The van der Waals surface area contributed by atoms with E-state index in [1.165, 1.54) is 30.3 Å². The Bertz CT molecular complexity index is 807. The third-order valence-electron chi connectivity index (χ3n) is 3.49. The van der Waals surface area contributed by atoms with Crippen molar-refractivity contribution in [3.8, 4) is 11.5 Å². The number of carbonyl (C=O) groups is 1. The number of alkyl halides is 3. The summed E-state index contributed by atoms with van der Waals surface area (Å²) in [5.41, 5.74) is 1.78. The maximum atomic E-state index is 12.3. The zero-order valence-corrected chi connectivity index (χ0v) is 11.7. The number of fused-ring (bicyclic) bond motifs is 1. The van der Waals surface area contributed by atoms with E-state index in [0.29, 0.717) is 22.3 Å². The van der Waals surface area contributed by atoms with Crippen LogP contribution < -0.4 is 4.74 Å². The largest absolute Gasteiger partial charge is 0.573 e. The number of Topliss-reactive ketones (excluding diaryl/α,β-unsaturated/α-hetero) is 1. The van der Waals surface area contributed by atoms with Gasteiger partial charge in [0.05, 0.1) is 0 Å². The quantitative estimate of drug-likeness (QED) is 0.847. The summed E-state index contributed by atoms with van der Waals surface area (Å²) in [7, 11) is 0. The second-order valence-corrected chi connectivity index (χ2v) is 5.10. The summed E-state index contributed by atoms with van der Waals surface area (Å²) in [6.07, 6.45) is -3.02. The molecule has 0 saturated carbocycles. The molecule has 6 heteroatoms. The highest BCUT2D eigenvalue weighted by Gasteiger charge is 2.31. The first-order valence-corrected chi connectivity index (χ1v) is 6.75. The number of allylic oxidation sites excluding steroid dienone is 1. The minimum Gasteiger partial charge on any atom is -0.508 e. The van der Waals surface area contributed by atoms with Crippen LogP contribution in [0.3, 0.4) is 0 Å². The molecule has 0 saturated heterocycles. The molecule has 1 aliphatic carbocycles. The van der Waals surface area contributed by atoms with Crippen molar-refractivity contribution in [1.29, 1.82) is 0 Å². The van der Waals surface area contributed by atoms with Crippen LogP contribution in [-0.4, -0.2) is 17.3 Å². The number of benzene rings is 2. The van der Waals surface area contributed by atoms with Crippen LogP contribution in [-0.2, 0) is 6.42 Å². The zero-order chi connectivity index (χ0) is 16.6. The Kier molecular flexibility index (Phi) is 3.60. The van der Waals surface area contributed by atoms with Crippen LogP contribution in [0.1, 0.15) is 21.5 Å². The first kappa shape index (κ1) is 15.1. The minimum absolute atomic E-state index is 0.0356. The fourth-order valence-electron chi connectivity index (χ4n) is 2.54. The summed E-state index contributed by atoms with van der Waals surface area (Å²) < 4.78 is 40.6. The molecule has 118 valence electrons. The molecule has 3 rings (SSSR count). The second-order valence-electron chi connectivity index (χ2n) is 5.10. The van der Waals surface area contributed by atoms with Crippen molar-refractivity contribution in [1.82, 2.24) is 0 Å². The van der Waals surface area contributed by atoms with Crippen LogP contribution in [0.2, 0.25) is 0 Å². The molecule has 0 unspecified atom stereocenters. The predicted octanol–water partition coefficient (Wildman–Crippen LogP) is 4.11. The highest BCUT2D eigenvalue weighted by atomic mass is 19.4. The molecule has 0 amide bonds. The van der Waals surface area contributed by atoms with Crippen LogP contribution in [0, 0.1) is 0 Å². The van der Waals surface area contributed by atoms with Crippen molar-refractivity contribution in [3.63, 3.8) is 0 Å². The lowest BCUT2D eigenvalue weighted by molar-refractivity contribution is -0.274. The highest BCUT2D eigenvalue weighted by molar-refractivity contribution is 6.16. The maximum Gasteiger partial charge on any atom is 0.573 e. The minimum atomic E-state index is -4.77. The third-order valence-corrected chi connectivity index (χ3v) is 3.49. The van der Waals surface area contributed by atoms with Crippen molar-refractivity contribution in [2.45, 2.75) is 12.8 Å². The summed E-state index contributed by atoms with van der Waals surface area (Å²) in [4.78, 5) is 12.3. The maximum absolute atomic E-state index is 12.3. The van der Waals surface area contributed by atoms with Gasteiger partial charge in [0, 0.05) is 23.1 Å². The topological polar surface area (TPSA) is 46.5 Å². The van der Waals surface area contributed by atoms with Crippen LogP contribution in [0.4, 0.5) is 13.2 Å². The normalized spacial score (nSPS) is 15.8. The number of ketones is 1. The molecule has 3 nitrogen and oxygen atoms in total. The summed E-state index contributed by atoms with van der Waals surface area (Å²) >= 11 is 0. The van der Waals surface area contributed by atoms with E-state index in [1.807, 2.05) is 0 Å². The number of rotatable bonds is 2. The first-order valence-electron chi connectivity index (χ1n) is 6.75. The van der Waals surface area contributed by atoms with Crippen molar-refractivity contribution in [2.75, 3.05) is 0 Å². The molecule has 1 N–H and O–H groups in total. The van der Waals surface area contributed by atoms with Gasteiger partial charge >= 0.3 is 6.36 Å². The van der Waals surface area contributed by atoms with Crippen LogP contribution >= 0.6 is 0 Å². The molecule has 0 fully saturated rings. The number of hydrogen-bond acceptors (Lipinski definition) is 3. The summed E-state index contributed by atoms with van der Waals surface area (Å²) in [5.74, 6) is -0.552. The van der Waals surface area contributed by atoms with Gasteiger partial charge in [0.1, 0.15) is 11.5 Å². The predicted molar refractivity (Wildman–Crippen MR) is 77.2 cm³/mol. The molecule has 2 aromatic rings. The van der Waals surface area contributed by atoms with Gasteiger partial charge in [0.15, 0.2) is 5.78 Å². The molecule has 0 bridgehead atoms. The van der Waals surface area contributed by atoms with Gasteiger partial charge < -0.3 is 9.84 Å². The van der Waals surface area contributed by atoms with E-state index in [4.69, 9.17) is 0 Å². The Morgan fingerprint density at radius 1 is 1.13 bits per heavy atom. The molecular formula is C17H11F3O3. The first-order chi connectivity index (χ1) is 10.8. The molecule has 0 aliphatic heterocycles. The number of aromatic hydroxyl groups is 1. The molecule has 0 aromatic heterocycles. The smallest absolute Gasteiger partial charge is 0.508 e. The van der Waals surface area contributed by atoms with Gasteiger partial charge in [-0.2, -0.15) is 0 Å². The van der Waals surface area contributed by atoms with Gasteiger partial charge in [-0.1, -0.05) is 24.3 Å². The molecule has 0 radical (unpaired) electrons. The van der Waals surface area contributed by atoms with E-state index in [2.05, 4.69) is 4.74 Å². The Hall–Kier alpha value is -2.76. The zero-order valence-electron chi connectivity index (χ0n) is 11.7. The Labute approximate surface area is 129 Å². The number of hydrogen-bond donors (Lipinski definition) is 1. The number of carbonyl (C=O) groups excluding carboxylic acids is 1. The van der Waals surface area contributed by atoms with E-state index in [9.17, 15) is 23.1 Å². The summed E-state index contributed by atoms with van der Waals surface area (Å²) in [6, 6.07) is 10.1. The fourth-order valence-corrected chi connectivity index (χ4v) is 2.54.